The molecule has 0 aromatic carbocycles. The van der Waals surface area contributed by atoms with E-state index in [1.54, 1.807) is 12.1 Å². The van der Waals surface area contributed by atoms with Crippen molar-refractivity contribution in [3.8, 4) is 0 Å². The van der Waals surface area contributed by atoms with E-state index in [1.165, 1.54) is 0 Å². The fourth-order valence-electron chi connectivity index (χ4n) is 2.21. The molecule has 1 saturated carbocycles. The molecule has 4 heteroatoms. The van der Waals surface area contributed by atoms with Gasteiger partial charge < -0.3 is 9.73 Å². The highest BCUT2D eigenvalue weighted by Crippen LogP contribution is 2.27. The third kappa shape index (κ3) is 3.50. The summed E-state index contributed by atoms with van der Waals surface area (Å²) in [5.74, 6) is 1.60. The van der Waals surface area contributed by atoms with Crippen LogP contribution in [-0.2, 0) is 0 Å². The second-order valence-corrected chi connectivity index (χ2v) is 5.36. The summed E-state index contributed by atoms with van der Waals surface area (Å²) in [6.07, 6.45) is 4.32. The SMILES string of the molecule is Cc1ccc(C(=O)NCC2CCC(Cl)CC2)o1. The molecule has 1 aromatic rings. The van der Waals surface area contributed by atoms with Gasteiger partial charge in [-0.1, -0.05) is 0 Å². The second kappa shape index (κ2) is 5.58. The maximum absolute atomic E-state index is 11.7. The van der Waals surface area contributed by atoms with Gasteiger partial charge >= 0.3 is 0 Å². The molecule has 0 radical (unpaired) electrons. The Morgan fingerprint density at radius 2 is 2.12 bits per heavy atom. The van der Waals surface area contributed by atoms with Crippen LogP contribution in [0.5, 0.6) is 0 Å². The lowest BCUT2D eigenvalue weighted by Crippen LogP contribution is -2.31. The van der Waals surface area contributed by atoms with Gasteiger partial charge in [0.2, 0.25) is 0 Å². The van der Waals surface area contributed by atoms with E-state index in [2.05, 4.69) is 5.32 Å². The predicted molar refractivity (Wildman–Crippen MR) is 67.4 cm³/mol. The number of hydrogen-bond donors (Lipinski definition) is 1. The summed E-state index contributed by atoms with van der Waals surface area (Å²) in [6, 6.07) is 3.51. The van der Waals surface area contributed by atoms with Crippen LogP contribution >= 0.6 is 11.6 Å². The third-order valence-electron chi connectivity index (χ3n) is 3.29. The number of hydrogen-bond acceptors (Lipinski definition) is 2. The topological polar surface area (TPSA) is 42.2 Å². The second-order valence-electron chi connectivity index (χ2n) is 4.74. The molecular formula is C13H18ClNO2. The Labute approximate surface area is 107 Å². The highest BCUT2D eigenvalue weighted by atomic mass is 35.5. The summed E-state index contributed by atoms with van der Waals surface area (Å²) in [6.45, 7) is 2.56. The minimum Gasteiger partial charge on any atom is -0.456 e. The van der Waals surface area contributed by atoms with Crippen LogP contribution in [0.2, 0.25) is 0 Å². The molecule has 1 aliphatic rings. The van der Waals surface area contributed by atoms with Crippen molar-refractivity contribution >= 4 is 17.5 Å². The standard InChI is InChI=1S/C13H18ClNO2/c1-9-2-7-12(17-9)13(16)15-8-10-3-5-11(14)6-4-10/h2,7,10-11H,3-6,8H2,1H3,(H,15,16). The molecule has 0 saturated heterocycles. The molecule has 1 fully saturated rings. The van der Waals surface area contributed by atoms with E-state index in [1.807, 2.05) is 6.92 Å². The van der Waals surface area contributed by atoms with E-state index in [0.717, 1.165) is 38.0 Å². The fourth-order valence-corrected chi connectivity index (χ4v) is 2.46. The zero-order valence-corrected chi connectivity index (χ0v) is 10.8. The number of carbonyl (C=O) groups excluding carboxylic acids is 1. The van der Waals surface area contributed by atoms with E-state index in [0.29, 0.717) is 17.1 Å². The van der Waals surface area contributed by atoms with Crippen LogP contribution < -0.4 is 5.32 Å². The average Bonchev–Trinajstić information content (AvgIpc) is 2.75. The van der Waals surface area contributed by atoms with Gasteiger partial charge in [-0.05, 0) is 50.7 Å². The molecule has 0 aliphatic heterocycles. The van der Waals surface area contributed by atoms with E-state index in [-0.39, 0.29) is 5.91 Å². The lowest BCUT2D eigenvalue weighted by molar-refractivity contribution is 0.0914. The quantitative estimate of drug-likeness (QED) is 0.844. The van der Waals surface area contributed by atoms with E-state index >= 15 is 0 Å². The maximum Gasteiger partial charge on any atom is 0.287 e. The van der Waals surface area contributed by atoms with E-state index in [4.69, 9.17) is 16.0 Å². The normalized spacial score (nSPS) is 24.6. The number of nitrogens with one attached hydrogen (secondary N) is 1. The molecule has 2 rings (SSSR count). The van der Waals surface area contributed by atoms with Crippen LogP contribution in [0.3, 0.4) is 0 Å². The summed E-state index contributed by atoms with van der Waals surface area (Å²) < 4.78 is 5.27. The van der Waals surface area contributed by atoms with E-state index < -0.39 is 0 Å². The molecule has 0 bridgehead atoms. The first-order valence-electron chi connectivity index (χ1n) is 6.14. The van der Waals surface area contributed by atoms with Crippen molar-refractivity contribution in [1.82, 2.24) is 5.32 Å². The maximum atomic E-state index is 11.7. The highest BCUT2D eigenvalue weighted by molar-refractivity contribution is 6.20. The van der Waals surface area contributed by atoms with Crippen LogP contribution in [0.1, 0.15) is 42.0 Å². The summed E-state index contributed by atoms with van der Waals surface area (Å²) in [7, 11) is 0. The molecule has 0 atom stereocenters. The first-order valence-corrected chi connectivity index (χ1v) is 6.57. The molecule has 3 nitrogen and oxygen atoms in total. The number of rotatable bonds is 3. The van der Waals surface area contributed by atoms with Crippen molar-refractivity contribution < 1.29 is 9.21 Å². The molecular weight excluding hydrogens is 238 g/mol. The Bertz CT molecular complexity index is 381. The Hall–Kier alpha value is -0.960. The van der Waals surface area contributed by atoms with Crippen LogP contribution in [0.15, 0.2) is 16.5 Å². The number of aryl methyl sites for hydroxylation is 1. The molecule has 0 spiro atoms. The molecule has 1 aliphatic carbocycles. The average molecular weight is 256 g/mol. The lowest BCUT2D eigenvalue weighted by atomic mass is 9.89. The van der Waals surface area contributed by atoms with Gasteiger partial charge in [0.1, 0.15) is 5.76 Å². The minimum atomic E-state index is -0.119. The third-order valence-corrected chi connectivity index (χ3v) is 3.73. The first kappa shape index (κ1) is 12.5. The number of halogens is 1. The zero-order valence-electron chi connectivity index (χ0n) is 10.0. The summed E-state index contributed by atoms with van der Waals surface area (Å²) in [5, 5.41) is 3.25. The first-order chi connectivity index (χ1) is 8.15. The van der Waals surface area contributed by atoms with E-state index in [9.17, 15) is 4.79 Å². The smallest absolute Gasteiger partial charge is 0.287 e. The van der Waals surface area contributed by atoms with Gasteiger partial charge in [0.25, 0.3) is 5.91 Å². The Morgan fingerprint density at radius 3 is 2.71 bits per heavy atom. The van der Waals surface area contributed by atoms with Crippen molar-refractivity contribution in [2.45, 2.75) is 38.0 Å². The Balaban J connectivity index is 1.76. The Morgan fingerprint density at radius 1 is 1.41 bits per heavy atom. The van der Waals surface area contributed by atoms with Crippen molar-refractivity contribution in [2.75, 3.05) is 6.54 Å². The number of alkyl halides is 1. The molecule has 0 unspecified atom stereocenters. The van der Waals surface area contributed by atoms with Gasteiger partial charge in [-0.3, -0.25) is 4.79 Å². The number of furan rings is 1. The van der Waals surface area contributed by atoms with Crippen molar-refractivity contribution in [3.63, 3.8) is 0 Å². The zero-order chi connectivity index (χ0) is 12.3. The van der Waals surface area contributed by atoms with Crippen molar-refractivity contribution in [3.05, 3.63) is 23.7 Å². The number of amides is 1. The van der Waals surface area contributed by atoms with Crippen LogP contribution in [-0.4, -0.2) is 17.8 Å². The minimum absolute atomic E-state index is 0.119. The van der Waals surface area contributed by atoms with Crippen molar-refractivity contribution in [1.29, 1.82) is 0 Å². The molecule has 1 amide bonds. The molecule has 17 heavy (non-hydrogen) atoms. The number of carbonyl (C=O) groups is 1. The fraction of sp³-hybridized carbons (Fsp3) is 0.615. The van der Waals surface area contributed by atoms with Crippen LogP contribution in [0.25, 0.3) is 0 Å². The highest BCUT2D eigenvalue weighted by Gasteiger charge is 2.20. The van der Waals surface area contributed by atoms with Gasteiger partial charge in [-0.15, -0.1) is 11.6 Å². The monoisotopic (exact) mass is 255 g/mol. The molecule has 1 N–H and O–H groups in total. The van der Waals surface area contributed by atoms with Gasteiger partial charge in [-0.25, -0.2) is 0 Å². The summed E-state index contributed by atoms with van der Waals surface area (Å²) in [4.78, 5) is 11.7. The molecule has 1 heterocycles. The lowest BCUT2D eigenvalue weighted by Gasteiger charge is -2.24. The van der Waals surface area contributed by atoms with Crippen LogP contribution in [0, 0.1) is 12.8 Å². The van der Waals surface area contributed by atoms with Gasteiger partial charge in [-0.2, -0.15) is 0 Å². The van der Waals surface area contributed by atoms with Gasteiger partial charge in [0.15, 0.2) is 5.76 Å². The van der Waals surface area contributed by atoms with Gasteiger partial charge in [0.05, 0.1) is 0 Å². The van der Waals surface area contributed by atoms with Crippen LogP contribution in [0.4, 0.5) is 0 Å². The predicted octanol–water partition coefficient (Wildman–Crippen LogP) is 3.12. The largest absolute Gasteiger partial charge is 0.456 e. The van der Waals surface area contributed by atoms with Gasteiger partial charge in [0, 0.05) is 11.9 Å². The molecule has 1 aromatic heterocycles. The Kier molecular flexibility index (Phi) is 4.11. The van der Waals surface area contributed by atoms with Crippen molar-refractivity contribution in [2.24, 2.45) is 5.92 Å². The summed E-state index contributed by atoms with van der Waals surface area (Å²) in [5.41, 5.74) is 0. The molecule has 94 valence electrons. The summed E-state index contributed by atoms with van der Waals surface area (Å²) >= 11 is 6.04.